The predicted molar refractivity (Wildman–Crippen MR) is 64.7 cm³/mol. The van der Waals surface area contributed by atoms with Crippen LogP contribution < -0.4 is 0 Å². The topological polar surface area (TPSA) is 0 Å². The highest BCUT2D eigenvalue weighted by Gasteiger charge is 2.06. The first kappa shape index (κ1) is 11.4. The van der Waals surface area contributed by atoms with Crippen LogP contribution in [0.5, 0.6) is 0 Å². The van der Waals surface area contributed by atoms with Gasteiger partial charge in [0.2, 0.25) is 0 Å². The molecule has 1 aromatic rings. The molecule has 0 spiro atoms. The van der Waals surface area contributed by atoms with Gasteiger partial charge in [0.05, 0.1) is 4.71 Å². The van der Waals surface area contributed by atoms with E-state index >= 15 is 0 Å². The SMILES string of the molecule is CCC(Cl)Sc1ccc(Br)cc1C. The molecule has 0 bridgehead atoms. The summed E-state index contributed by atoms with van der Waals surface area (Å²) in [6.07, 6.45) is 0.988. The Morgan fingerprint density at radius 1 is 1.54 bits per heavy atom. The second-order valence-electron chi connectivity index (χ2n) is 2.85. The molecule has 0 aromatic heterocycles. The van der Waals surface area contributed by atoms with Crippen molar-refractivity contribution in [1.29, 1.82) is 0 Å². The van der Waals surface area contributed by atoms with Crippen LogP contribution in [0.1, 0.15) is 18.9 Å². The van der Waals surface area contributed by atoms with Crippen LogP contribution in [0.2, 0.25) is 0 Å². The van der Waals surface area contributed by atoms with E-state index in [-0.39, 0.29) is 4.71 Å². The number of alkyl halides is 1. The molecule has 0 radical (unpaired) electrons. The van der Waals surface area contributed by atoms with Gasteiger partial charge in [-0.25, -0.2) is 0 Å². The standard InChI is InChI=1S/C10H12BrClS/c1-3-10(12)13-9-5-4-8(11)6-7(9)2/h4-6,10H,3H2,1-2H3. The molecule has 1 atom stereocenters. The number of halogens is 2. The maximum atomic E-state index is 6.06. The largest absolute Gasteiger partial charge is 0.111 e. The predicted octanol–water partition coefficient (Wildman–Crippen LogP) is 4.82. The van der Waals surface area contributed by atoms with E-state index in [4.69, 9.17) is 11.6 Å². The summed E-state index contributed by atoms with van der Waals surface area (Å²) in [5, 5.41) is 0. The minimum atomic E-state index is 0.180. The third-order valence-electron chi connectivity index (χ3n) is 1.71. The lowest BCUT2D eigenvalue weighted by Gasteiger charge is -2.08. The summed E-state index contributed by atoms with van der Waals surface area (Å²) in [7, 11) is 0. The molecule has 0 nitrogen and oxygen atoms in total. The highest BCUT2D eigenvalue weighted by molar-refractivity contribution is 9.10. The highest BCUT2D eigenvalue weighted by Crippen LogP contribution is 2.31. The first-order chi connectivity index (χ1) is 6.13. The van der Waals surface area contributed by atoms with E-state index in [2.05, 4.69) is 48.0 Å². The summed E-state index contributed by atoms with van der Waals surface area (Å²) in [5.74, 6) is 0. The summed E-state index contributed by atoms with van der Waals surface area (Å²) in [4.78, 5) is 1.27. The smallest absolute Gasteiger partial charge is 0.0833 e. The van der Waals surface area contributed by atoms with Crippen LogP contribution >= 0.6 is 39.3 Å². The third kappa shape index (κ3) is 3.53. The van der Waals surface area contributed by atoms with Crippen LogP contribution in [-0.4, -0.2) is 4.71 Å². The van der Waals surface area contributed by atoms with Crippen molar-refractivity contribution >= 4 is 39.3 Å². The second-order valence-corrected chi connectivity index (χ2v) is 5.79. The monoisotopic (exact) mass is 278 g/mol. The number of hydrogen-bond donors (Lipinski definition) is 0. The first-order valence-electron chi connectivity index (χ1n) is 4.20. The maximum Gasteiger partial charge on any atom is 0.0833 e. The van der Waals surface area contributed by atoms with Crippen molar-refractivity contribution in [2.45, 2.75) is 29.9 Å². The molecule has 1 rings (SSSR count). The first-order valence-corrected chi connectivity index (χ1v) is 6.31. The van der Waals surface area contributed by atoms with Crippen LogP contribution in [0, 0.1) is 6.92 Å². The maximum absolute atomic E-state index is 6.06. The minimum Gasteiger partial charge on any atom is -0.111 e. The summed E-state index contributed by atoms with van der Waals surface area (Å²) in [5.41, 5.74) is 1.28. The fourth-order valence-corrected chi connectivity index (χ4v) is 2.56. The quantitative estimate of drug-likeness (QED) is 0.564. The molecular weight excluding hydrogens is 268 g/mol. The van der Waals surface area contributed by atoms with Crippen LogP contribution in [0.25, 0.3) is 0 Å². The van der Waals surface area contributed by atoms with E-state index in [0.29, 0.717) is 0 Å². The molecule has 3 heteroatoms. The zero-order valence-corrected chi connectivity index (χ0v) is 10.8. The van der Waals surface area contributed by atoms with Gasteiger partial charge in [0, 0.05) is 9.37 Å². The molecule has 13 heavy (non-hydrogen) atoms. The Balaban J connectivity index is 2.77. The summed E-state index contributed by atoms with van der Waals surface area (Å²) in [6.45, 7) is 4.20. The average Bonchev–Trinajstić information content (AvgIpc) is 2.09. The minimum absolute atomic E-state index is 0.180. The Bertz CT molecular complexity index is 288. The molecule has 0 saturated carbocycles. The lowest BCUT2D eigenvalue weighted by molar-refractivity contribution is 1.04. The van der Waals surface area contributed by atoms with Gasteiger partial charge < -0.3 is 0 Å². The summed E-state index contributed by atoms with van der Waals surface area (Å²) < 4.78 is 1.30. The van der Waals surface area contributed by atoms with Gasteiger partial charge in [-0.05, 0) is 37.1 Å². The van der Waals surface area contributed by atoms with Gasteiger partial charge in [0.25, 0.3) is 0 Å². The molecule has 0 aliphatic carbocycles. The molecule has 72 valence electrons. The van der Waals surface area contributed by atoms with E-state index < -0.39 is 0 Å². The summed E-state index contributed by atoms with van der Waals surface area (Å²) in [6, 6.07) is 6.27. The van der Waals surface area contributed by atoms with Crippen LogP contribution in [-0.2, 0) is 0 Å². The lowest BCUT2D eigenvalue weighted by atomic mass is 10.2. The molecule has 0 amide bonds. The zero-order valence-electron chi connectivity index (χ0n) is 7.68. The Morgan fingerprint density at radius 3 is 2.77 bits per heavy atom. The van der Waals surface area contributed by atoms with Gasteiger partial charge in [0.15, 0.2) is 0 Å². The number of hydrogen-bond acceptors (Lipinski definition) is 1. The molecular formula is C10H12BrClS. The molecule has 0 aliphatic rings. The van der Waals surface area contributed by atoms with Crippen LogP contribution in [0.4, 0.5) is 0 Å². The highest BCUT2D eigenvalue weighted by atomic mass is 79.9. The van der Waals surface area contributed by atoms with Gasteiger partial charge >= 0.3 is 0 Å². The Hall–Kier alpha value is 0.340. The molecule has 1 unspecified atom stereocenters. The third-order valence-corrected chi connectivity index (χ3v) is 4.08. The van der Waals surface area contributed by atoms with E-state index in [1.54, 1.807) is 11.8 Å². The van der Waals surface area contributed by atoms with E-state index in [9.17, 15) is 0 Å². The molecule has 0 heterocycles. The zero-order chi connectivity index (χ0) is 9.84. The number of rotatable bonds is 3. The van der Waals surface area contributed by atoms with E-state index in [0.717, 1.165) is 10.9 Å². The lowest BCUT2D eigenvalue weighted by Crippen LogP contribution is -1.89. The van der Waals surface area contributed by atoms with Gasteiger partial charge in [-0.3, -0.25) is 0 Å². The summed E-state index contributed by atoms with van der Waals surface area (Å²) >= 11 is 11.2. The molecule has 0 fully saturated rings. The number of benzene rings is 1. The van der Waals surface area contributed by atoms with Crippen molar-refractivity contribution in [2.24, 2.45) is 0 Å². The molecule has 0 saturated heterocycles. The molecule has 0 N–H and O–H groups in total. The van der Waals surface area contributed by atoms with Gasteiger partial charge in [-0.15, -0.1) is 23.4 Å². The van der Waals surface area contributed by atoms with Crippen LogP contribution in [0.3, 0.4) is 0 Å². The van der Waals surface area contributed by atoms with Gasteiger partial charge in [0.1, 0.15) is 0 Å². The van der Waals surface area contributed by atoms with Crippen molar-refractivity contribution in [3.8, 4) is 0 Å². The van der Waals surface area contributed by atoms with Crippen molar-refractivity contribution in [2.75, 3.05) is 0 Å². The molecule has 1 aromatic carbocycles. The van der Waals surface area contributed by atoms with Crippen molar-refractivity contribution in [3.05, 3.63) is 28.2 Å². The molecule has 0 aliphatic heterocycles. The Morgan fingerprint density at radius 2 is 2.23 bits per heavy atom. The Kier molecular flexibility index (Phi) is 4.63. The van der Waals surface area contributed by atoms with Crippen molar-refractivity contribution in [3.63, 3.8) is 0 Å². The van der Waals surface area contributed by atoms with Gasteiger partial charge in [-0.2, -0.15) is 0 Å². The number of aryl methyl sites for hydroxylation is 1. The van der Waals surface area contributed by atoms with Crippen molar-refractivity contribution in [1.82, 2.24) is 0 Å². The normalized spacial score (nSPS) is 12.9. The van der Waals surface area contributed by atoms with Crippen LogP contribution in [0.15, 0.2) is 27.6 Å². The van der Waals surface area contributed by atoms with E-state index in [1.165, 1.54) is 10.5 Å². The van der Waals surface area contributed by atoms with Crippen molar-refractivity contribution < 1.29 is 0 Å². The van der Waals surface area contributed by atoms with E-state index in [1.807, 2.05) is 0 Å². The average molecular weight is 280 g/mol. The Labute approximate surface area is 97.2 Å². The fourth-order valence-electron chi connectivity index (χ4n) is 0.966. The second kappa shape index (κ2) is 5.28. The number of thioether (sulfide) groups is 1. The van der Waals surface area contributed by atoms with Gasteiger partial charge in [-0.1, -0.05) is 22.9 Å². The fraction of sp³-hybridized carbons (Fsp3) is 0.400.